The topological polar surface area (TPSA) is 37.4 Å². The fourth-order valence-corrected chi connectivity index (χ4v) is 2.17. The second kappa shape index (κ2) is 5.03. The molecule has 0 saturated heterocycles. The maximum atomic E-state index is 12.7. The lowest BCUT2D eigenvalue weighted by Gasteiger charge is -2.23. The number of nitrogens with zero attached hydrogens (tertiary/aromatic N) is 1. The van der Waals surface area contributed by atoms with E-state index in [4.69, 9.17) is 0 Å². The molecule has 7 heteroatoms. The average molecular weight is 295 g/mol. The van der Waals surface area contributed by atoms with E-state index >= 15 is 0 Å². The Morgan fingerprint density at radius 2 is 1.74 bits per heavy atom. The van der Waals surface area contributed by atoms with Gasteiger partial charge in [-0.05, 0) is 23.6 Å². The lowest BCUT2D eigenvalue weighted by Crippen LogP contribution is -2.26. The molecule has 0 radical (unpaired) electrons. The molecule has 0 aliphatic heterocycles. The van der Waals surface area contributed by atoms with Crippen molar-refractivity contribution in [3.63, 3.8) is 0 Å². The molecule has 0 spiro atoms. The summed E-state index contributed by atoms with van der Waals surface area (Å²) in [7, 11) is -2.36. The van der Waals surface area contributed by atoms with Crippen molar-refractivity contribution in [1.82, 2.24) is 0 Å². The van der Waals surface area contributed by atoms with E-state index in [-0.39, 0.29) is 11.6 Å². The van der Waals surface area contributed by atoms with Crippen LogP contribution >= 0.6 is 0 Å². The van der Waals surface area contributed by atoms with Gasteiger partial charge in [-0.25, -0.2) is 8.42 Å². The maximum Gasteiger partial charge on any atom is 0.416 e. The smallest absolute Gasteiger partial charge is 0.273 e. The van der Waals surface area contributed by atoms with E-state index in [1.807, 2.05) is 0 Å². The summed E-state index contributed by atoms with van der Waals surface area (Å²) < 4.78 is 62.0. The molecule has 3 nitrogen and oxygen atoms in total. The van der Waals surface area contributed by atoms with Gasteiger partial charge in [0.25, 0.3) is 0 Å². The van der Waals surface area contributed by atoms with Crippen LogP contribution in [0.5, 0.6) is 0 Å². The van der Waals surface area contributed by atoms with Gasteiger partial charge in [0.2, 0.25) is 10.0 Å². The molecule has 1 rings (SSSR count). The first-order chi connectivity index (χ1) is 8.44. The van der Waals surface area contributed by atoms with Crippen molar-refractivity contribution in [3.8, 4) is 0 Å². The minimum Gasteiger partial charge on any atom is -0.273 e. The van der Waals surface area contributed by atoms with Crippen molar-refractivity contribution >= 4 is 15.7 Å². The Morgan fingerprint density at radius 1 is 1.21 bits per heavy atom. The van der Waals surface area contributed by atoms with Crippen LogP contribution in [0.4, 0.5) is 18.9 Å². The SMILES string of the molecule is CC(C)c1ccc(C(F)(F)F)cc1N(C)S(C)(=O)=O. The van der Waals surface area contributed by atoms with E-state index < -0.39 is 21.8 Å². The lowest BCUT2D eigenvalue weighted by atomic mass is 9.99. The fraction of sp³-hybridized carbons (Fsp3) is 0.500. The van der Waals surface area contributed by atoms with Crippen LogP contribution in [0.25, 0.3) is 0 Å². The maximum absolute atomic E-state index is 12.7. The molecule has 0 atom stereocenters. The summed E-state index contributed by atoms with van der Waals surface area (Å²) in [5.41, 5.74) is -0.240. The summed E-state index contributed by atoms with van der Waals surface area (Å²) in [6.07, 6.45) is -3.54. The number of rotatable bonds is 3. The molecule has 1 aromatic carbocycles. The Balaban J connectivity index is 3.49. The quantitative estimate of drug-likeness (QED) is 0.858. The van der Waals surface area contributed by atoms with E-state index in [2.05, 4.69) is 0 Å². The van der Waals surface area contributed by atoms with Gasteiger partial charge in [-0.2, -0.15) is 13.2 Å². The fourth-order valence-electron chi connectivity index (χ4n) is 1.66. The predicted molar refractivity (Wildman–Crippen MR) is 68.8 cm³/mol. The van der Waals surface area contributed by atoms with E-state index in [1.54, 1.807) is 13.8 Å². The summed E-state index contributed by atoms with van der Waals surface area (Å²) in [5, 5.41) is 0. The van der Waals surface area contributed by atoms with Crippen molar-refractivity contribution in [2.45, 2.75) is 25.9 Å². The summed E-state index contributed by atoms with van der Waals surface area (Å²) in [4.78, 5) is 0. The third-order valence-electron chi connectivity index (χ3n) is 2.82. The summed E-state index contributed by atoms with van der Waals surface area (Å²) >= 11 is 0. The highest BCUT2D eigenvalue weighted by Gasteiger charge is 2.32. The van der Waals surface area contributed by atoms with Crippen LogP contribution in [0, 0.1) is 0 Å². The van der Waals surface area contributed by atoms with Crippen LogP contribution in [0.3, 0.4) is 0 Å². The average Bonchev–Trinajstić information content (AvgIpc) is 2.24. The van der Waals surface area contributed by atoms with Crippen LogP contribution in [0.1, 0.15) is 30.9 Å². The molecule has 0 heterocycles. The standard InChI is InChI=1S/C12H16F3NO2S/c1-8(2)10-6-5-9(12(13,14)15)7-11(10)16(3)19(4,17)18/h5-8H,1-4H3. The van der Waals surface area contributed by atoms with Crippen LogP contribution in [-0.4, -0.2) is 21.7 Å². The molecule has 0 aliphatic rings. The minimum absolute atomic E-state index is 0.0623. The number of benzene rings is 1. The number of anilines is 1. The van der Waals surface area contributed by atoms with Crippen molar-refractivity contribution in [2.24, 2.45) is 0 Å². The molecule has 108 valence electrons. The molecule has 19 heavy (non-hydrogen) atoms. The molecule has 0 aliphatic carbocycles. The zero-order valence-electron chi connectivity index (χ0n) is 11.1. The number of hydrogen-bond acceptors (Lipinski definition) is 2. The molecule has 0 N–H and O–H groups in total. The van der Waals surface area contributed by atoms with Gasteiger partial charge in [0.05, 0.1) is 17.5 Å². The Bertz CT molecular complexity index is 565. The summed E-state index contributed by atoms with van der Waals surface area (Å²) in [6.45, 7) is 3.59. The van der Waals surface area contributed by atoms with Crippen LogP contribution in [0.15, 0.2) is 18.2 Å². The normalized spacial score (nSPS) is 12.8. The van der Waals surface area contributed by atoms with Gasteiger partial charge in [0.1, 0.15) is 0 Å². The van der Waals surface area contributed by atoms with Crippen LogP contribution < -0.4 is 4.31 Å². The van der Waals surface area contributed by atoms with Gasteiger partial charge >= 0.3 is 6.18 Å². The Hall–Kier alpha value is -1.24. The van der Waals surface area contributed by atoms with Gasteiger partial charge < -0.3 is 0 Å². The van der Waals surface area contributed by atoms with Crippen LogP contribution in [0.2, 0.25) is 0 Å². The molecule has 0 amide bonds. The highest BCUT2D eigenvalue weighted by atomic mass is 32.2. The van der Waals surface area contributed by atoms with Crippen LogP contribution in [-0.2, 0) is 16.2 Å². The molecule has 0 fully saturated rings. The van der Waals surface area contributed by atoms with Gasteiger partial charge in [-0.1, -0.05) is 19.9 Å². The second-order valence-electron chi connectivity index (χ2n) is 4.66. The van der Waals surface area contributed by atoms with Gasteiger partial charge in [-0.15, -0.1) is 0 Å². The molecule has 0 aromatic heterocycles. The summed E-state index contributed by atoms with van der Waals surface area (Å²) in [5.74, 6) is -0.0820. The van der Waals surface area contributed by atoms with Crippen molar-refractivity contribution in [2.75, 3.05) is 17.6 Å². The van der Waals surface area contributed by atoms with Gasteiger partial charge in [-0.3, -0.25) is 4.31 Å². The molecule has 1 aromatic rings. The largest absolute Gasteiger partial charge is 0.416 e. The van der Waals surface area contributed by atoms with Crippen molar-refractivity contribution < 1.29 is 21.6 Å². The van der Waals surface area contributed by atoms with Crippen molar-refractivity contribution in [1.29, 1.82) is 0 Å². The number of alkyl halides is 3. The third-order valence-corrected chi connectivity index (χ3v) is 4.01. The highest BCUT2D eigenvalue weighted by Crippen LogP contribution is 2.36. The van der Waals surface area contributed by atoms with E-state index in [0.29, 0.717) is 5.56 Å². The minimum atomic E-state index is -4.50. The molecule has 0 bridgehead atoms. The number of hydrogen-bond donors (Lipinski definition) is 0. The Morgan fingerprint density at radius 3 is 2.11 bits per heavy atom. The van der Waals surface area contributed by atoms with E-state index in [0.717, 1.165) is 22.7 Å². The van der Waals surface area contributed by atoms with Gasteiger partial charge in [0, 0.05) is 7.05 Å². The highest BCUT2D eigenvalue weighted by molar-refractivity contribution is 7.92. The van der Waals surface area contributed by atoms with E-state index in [1.165, 1.54) is 13.1 Å². The van der Waals surface area contributed by atoms with E-state index in [9.17, 15) is 21.6 Å². The zero-order chi connectivity index (χ0) is 15.0. The molecule has 0 unspecified atom stereocenters. The first kappa shape index (κ1) is 15.8. The molecular formula is C12H16F3NO2S. The monoisotopic (exact) mass is 295 g/mol. The Kier molecular flexibility index (Phi) is 4.19. The predicted octanol–water partition coefficient (Wildman–Crippen LogP) is 3.22. The third kappa shape index (κ3) is 3.62. The number of halogens is 3. The molecule has 0 saturated carbocycles. The first-order valence-corrected chi connectivity index (χ1v) is 7.44. The van der Waals surface area contributed by atoms with Crippen molar-refractivity contribution in [3.05, 3.63) is 29.3 Å². The first-order valence-electron chi connectivity index (χ1n) is 5.59. The zero-order valence-corrected chi connectivity index (χ0v) is 11.9. The Labute approximate surface area is 111 Å². The van der Waals surface area contributed by atoms with Gasteiger partial charge in [0.15, 0.2) is 0 Å². The summed E-state index contributed by atoms with van der Waals surface area (Å²) in [6, 6.07) is 3.16. The number of sulfonamides is 1. The molecular weight excluding hydrogens is 279 g/mol. The second-order valence-corrected chi connectivity index (χ2v) is 6.67. The lowest BCUT2D eigenvalue weighted by molar-refractivity contribution is -0.137.